The normalized spacial score (nSPS) is 13.6. The van der Waals surface area contributed by atoms with E-state index in [0.717, 1.165) is 11.7 Å². The molecule has 18 heavy (non-hydrogen) atoms. The van der Waals surface area contributed by atoms with E-state index in [1.807, 2.05) is 0 Å². The molecule has 10 heteroatoms. The quantitative estimate of drug-likeness (QED) is 0.702. The van der Waals surface area contributed by atoms with Gasteiger partial charge in [0.05, 0.1) is 11.7 Å². The van der Waals surface area contributed by atoms with Crippen LogP contribution in [-0.2, 0) is 0 Å². The largest absolute Gasteiger partial charge is 0.473 e. The molecule has 0 aliphatic heterocycles. The maximum absolute atomic E-state index is 11.8. The molecule has 0 fully saturated rings. The summed E-state index contributed by atoms with van der Waals surface area (Å²) in [7, 11) is 0. The Bertz CT molecular complexity index is 324. The summed E-state index contributed by atoms with van der Waals surface area (Å²) in [6.07, 6.45) is 0.618. The Morgan fingerprint density at radius 3 is 2.94 bits per heavy atom. The third-order valence-corrected chi connectivity index (χ3v) is 2.89. The van der Waals surface area contributed by atoms with Crippen molar-refractivity contribution in [2.45, 2.75) is 11.6 Å². The van der Waals surface area contributed by atoms with Gasteiger partial charge in [0.25, 0.3) is 0 Å². The Morgan fingerprint density at radius 1 is 1.56 bits per heavy atom. The van der Waals surface area contributed by atoms with Crippen LogP contribution >= 0.6 is 23.5 Å². The Labute approximate surface area is 110 Å². The molecule has 0 saturated heterocycles. The fourth-order valence-corrected chi connectivity index (χ4v) is 1.81. The van der Waals surface area contributed by atoms with Gasteiger partial charge in [0.15, 0.2) is 0 Å². The second kappa shape index (κ2) is 7.77. The molecule has 0 saturated carbocycles. The highest BCUT2D eigenvalue weighted by molar-refractivity contribution is 8.00. The topological polar surface area (TPSA) is 67.3 Å². The molecular weight excluding hydrogens is 291 g/mol. The zero-order chi connectivity index (χ0) is 13.4. The number of aromatic nitrogens is 2. The van der Waals surface area contributed by atoms with Gasteiger partial charge in [-0.3, -0.25) is 0 Å². The number of nitrogens with one attached hydrogen (secondary N) is 1. The molecule has 1 unspecified atom stereocenters. The van der Waals surface area contributed by atoms with Crippen molar-refractivity contribution in [3.63, 3.8) is 0 Å². The van der Waals surface area contributed by atoms with E-state index >= 15 is 0 Å². The van der Waals surface area contributed by atoms with Crippen molar-refractivity contribution in [3.8, 4) is 5.88 Å². The van der Waals surface area contributed by atoms with E-state index in [1.54, 1.807) is 0 Å². The van der Waals surface area contributed by atoms with Crippen LogP contribution in [0, 0.1) is 0 Å². The lowest BCUT2D eigenvalue weighted by molar-refractivity contribution is -0.0327. The molecule has 5 nitrogen and oxygen atoms in total. The Kier molecular flexibility index (Phi) is 6.68. The van der Waals surface area contributed by atoms with Gasteiger partial charge in [-0.25, -0.2) is 0 Å². The first-order valence-corrected chi connectivity index (χ1v) is 6.69. The number of rotatable bonds is 8. The highest BCUT2D eigenvalue weighted by Crippen LogP contribution is 2.29. The molecule has 0 radical (unpaired) electrons. The molecule has 0 aliphatic carbocycles. The van der Waals surface area contributed by atoms with Crippen LogP contribution in [0.4, 0.5) is 13.2 Å². The summed E-state index contributed by atoms with van der Waals surface area (Å²) in [5.74, 6) is 0.235. The van der Waals surface area contributed by atoms with Gasteiger partial charge in [-0.2, -0.15) is 17.5 Å². The summed E-state index contributed by atoms with van der Waals surface area (Å²) in [4.78, 5) is 0. The van der Waals surface area contributed by atoms with Crippen LogP contribution in [0.1, 0.15) is 0 Å². The van der Waals surface area contributed by atoms with E-state index in [0.29, 0.717) is 5.88 Å². The van der Waals surface area contributed by atoms with Gasteiger partial charge in [0.2, 0.25) is 5.88 Å². The van der Waals surface area contributed by atoms with E-state index in [-0.39, 0.29) is 37.2 Å². The predicted octanol–water partition coefficient (Wildman–Crippen LogP) is 1.12. The number of aliphatic hydroxyl groups excluding tert-OH is 1. The number of hydrogen-bond acceptors (Lipinski definition) is 7. The van der Waals surface area contributed by atoms with E-state index in [1.165, 1.54) is 6.20 Å². The summed E-state index contributed by atoms with van der Waals surface area (Å²) in [6.45, 7) is 0.348. The lowest BCUT2D eigenvalue weighted by Crippen LogP contribution is -2.32. The smallest absolute Gasteiger partial charge is 0.441 e. The van der Waals surface area contributed by atoms with Crippen LogP contribution in [0.2, 0.25) is 0 Å². The van der Waals surface area contributed by atoms with Gasteiger partial charge in [0.1, 0.15) is 18.9 Å². The molecular formula is C8H12F3N3O2S2. The molecule has 1 rings (SSSR count). The van der Waals surface area contributed by atoms with Crippen LogP contribution in [0.25, 0.3) is 0 Å². The minimum Gasteiger partial charge on any atom is -0.473 e. The molecule has 0 aliphatic rings. The first kappa shape index (κ1) is 15.5. The average molecular weight is 303 g/mol. The highest BCUT2D eigenvalue weighted by atomic mass is 32.2. The van der Waals surface area contributed by atoms with Gasteiger partial charge in [-0.15, -0.1) is 4.37 Å². The summed E-state index contributed by atoms with van der Waals surface area (Å²) in [5, 5.41) is 12.1. The van der Waals surface area contributed by atoms with Crippen LogP contribution in [-0.4, -0.2) is 50.9 Å². The maximum Gasteiger partial charge on any atom is 0.441 e. The van der Waals surface area contributed by atoms with Gasteiger partial charge in [-0.1, -0.05) is 0 Å². The second-order valence-electron chi connectivity index (χ2n) is 3.21. The maximum atomic E-state index is 11.8. The van der Waals surface area contributed by atoms with Crippen molar-refractivity contribution in [3.05, 3.63) is 6.20 Å². The fourth-order valence-electron chi connectivity index (χ4n) is 0.968. The summed E-state index contributed by atoms with van der Waals surface area (Å²) < 4.78 is 47.9. The number of hydrogen-bond donors (Lipinski definition) is 2. The van der Waals surface area contributed by atoms with E-state index in [9.17, 15) is 18.3 Å². The summed E-state index contributed by atoms with van der Waals surface area (Å²) in [5.41, 5.74) is -4.21. The molecule has 1 atom stereocenters. The highest BCUT2D eigenvalue weighted by Gasteiger charge is 2.27. The molecule has 0 bridgehead atoms. The van der Waals surface area contributed by atoms with Crippen LogP contribution in [0.3, 0.4) is 0 Å². The van der Waals surface area contributed by atoms with Crippen molar-refractivity contribution >= 4 is 23.5 Å². The molecule has 0 spiro atoms. The number of nitrogens with zero attached hydrogens (tertiary/aromatic N) is 2. The van der Waals surface area contributed by atoms with Crippen LogP contribution in [0.5, 0.6) is 5.88 Å². The monoisotopic (exact) mass is 303 g/mol. The molecule has 1 aromatic heterocycles. The number of alkyl halides is 3. The van der Waals surface area contributed by atoms with Crippen molar-refractivity contribution in [1.82, 2.24) is 14.1 Å². The second-order valence-corrected chi connectivity index (χ2v) is 4.93. The van der Waals surface area contributed by atoms with Crippen molar-refractivity contribution in [2.24, 2.45) is 0 Å². The summed E-state index contributed by atoms with van der Waals surface area (Å²) in [6, 6.07) is 0. The molecule has 0 amide bonds. The van der Waals surface area contributed by atoms with E-state index in [2.05, 4.69) is 14.1 Å². The van der Waals surface area contributed by atoms with Gasteiger partial charge in [-0.05, 0) is 11.8 Å². The molecule has 1 aromatic rings. The minimum atomic E-state index is -4.21. The van der Waals surface area contributed by atoms with E-state index < -0.39 is 11.6 Å². The Hall–Kier alpha value is -0.580. The van der Waals surface area contributed by atoms with E-state index in [4.69, 9.17) is 4.74 Å². The van der Waals surface area contributed by atoms with Gasteiger partial charge in [0, 0.05) is 18.8 Å². The predicted molar refractivity (Wildman–Crippen MR) is 62.8 cm³/mol. The van der Waals surface area contributed by atoms with Gasteiger partial charge >= 0.3 is 5.51 Å². The first-order valence-electron chi connectivity index (χ1n) is 4.97. The zero-order valence-electron chi connectivity index (χ0n) is 9.18. The third-order valence-electron chi connectivity index (χ3n) is 1.69. The Balaban J connectivity index is 1.98. The minimum absolute atomic E-state index is 0.0187. The van der Waals surface area contributed by atoms with Crippen molar-refractivity contribution in [2.75, 3.05) is 25.4 Å². The number of thioether (sulfide) groups is 1. The Morgan fingerprint density at radius 2 is 2.33 bits per heavy atom. The SMILES string of the molecule is OC(CNCCSC(F)(F)F)COc1cnsn1. The average Bonchev–Trinajstić information content (AvgIpc) is 2.77. The lowest BCUT2D eigenvalue weighted by atomic mass is 10.4. The van der Waals surface area contributed by atoms with Crippen molar-refractivity contribution < 1.29 is 23.0 Å². The molecule has 2 N–H and O–H groups in total. The number of ether oxygens (including phenoxy) is 1. The van der Waals surface area contributed by atoms with Crippen LogP contribution < -0.4 is 10.1 Å². The lowest BCUT2D eigenvalue weighted by Gasteiger charge is -2.12. The number of aliphatic hydroxyl groups is 1. The van der Waals surface area contributed by atoms with Gasteiger partial charge < -0.3 is 15.2 Å². The number of halogens is 3. The summed E-state index contributed by atoms with van der Waals surface area (Å²) >= 11 is 0.891. The third kappa shape index (κ3) is 7.69. The molecule has 0 aromatic carbocycles. The standard InChI is InChI=1S/C8H12F3N3O2S2/c9-8(10,11)17-2-1-12-3-6(15)5-16-7-4-13-18-14-7/h4,6,12,15H,1-3,5H2. The first-order chi connectivity index (χ1) is 8.47. The fraction of sp³-hybridized carbons (Fsp3) is 0.750. The molecule has 1 heterocycles. The zero-order valence-corrected chi connectivity index (χ0v) is 10.8. The van der Waals surface area contributed by atoms with Crippen molar-refractivity contribution in [1.29, 1.82) is 0 Å². The van der Waals surface area contributed by atoms with Crippen LogP contribution in [0.15, 0.2) is 6.20 Å². The molecule has 104 valence electrons.